The van der Waals surface area contributed by atoms with Crippen molar-refractivity contribution in [3.63, 3.8) is 0 Å². The van der Waals surface area contributed by atoms with Crippen molar-refractivity contribution >= 4 is 46.0 Å². The Bertz CT molecular complexity index is 1280. The van der Waals surface area contributed by atoms with Gasteiger partial charge in [-0.1, -0.05) is 36.4 Å². The predicted octanol–water partition coefficient (Wildman–Crippen LogP) is 7.59. The Hall–Kier alpha value is -3.70. The van der Waals surface area contributed by atoms with E-state index in [0.717, 1.165) is 20.9 Å². The van der Waals surface area contributed by atoms with Crippen LogP contribution in [0.5, 0.6) is 0 Å². The summed E-state index contributed by atoms with van der Waals surface area (Å²) < 4.78 is 0. The number of fused-ring (bicyclic) bond motifs is 4. The number of thiophene rings is 2. The van der Waals surface area contributed by atoms with Crippen molar-refractivity contribution in [1.82, 2.24) is 0 Å². The third-order valence-electron chi connectivity index (χ3n) is 5.10. The van der Waals surface area contributed by atoms with Crippen molar-refractivity contribution in [2.75, 3.05) is 0 Å². The summed E-state index contributed by atoms with van der Waals surface area (Å²) in [6.45, 7) is 0. The smallest absolute Gasteiger partial charge is 0.101 e. The van der Waals surface area contributed by atoms with Crippen LogP contribution in [0.1, 0.15) is 20.9 Å². The van der Waals surface area contributed by atoms with Crippen LogP contribution in [0.3, 0.4) is 0 Å². The molecule has 0 spiro atoms. The number of nitriles is 2. The van der Waals surface area contributed by atoms with Gasteiger partial charge in [0.15, 0.2) is 0 Å². The molecule has 0 saturated carbocycles. The van der Waals surface area contributed by atoms with Gasteiger partial charge in [-0.2, -0.15) is 10.5 Å². The van der Waals surface area contributed by atoms with E-state index in [2.05, 4.69) is 48.5 Å². The predicted molar refractivity (Wildman–Crippen MR) is 126 cm³/mol. The van der Waals surface area contributed by atoms with E-state index in [9.17, 15) is 10.5 Å². The van der Waals surface area contributed by atoms with E-state index in [0.29, 0.717) is 11.1 Å². The van der Waals surface area contributed by atoms with Gasteiger partial charge in [-0.15, -0.1) is 22.7 Å². The zero-order chi connectivity index (χ0) is 20.5. The molecule has 2 heterocycles. The van der Waals surface area contributed by atoms with Crippen LogP contribution in [-0.2, 0) is 0 Å². The molecule has 2 aromatic heterocycles. The van der Waals surface area contributed by atoms with Crippen molar-refractivity contribution in [3.05, 3.63) is 92.3 Å². The van der Waals surface area contributed by atoms with Gasteiger partial charge in [0.2, 0.25) is 0 Å². The lowest BCUT2D eigenvalue weighted by atomic mass is 9.79. The quantitative estimate of drug-likeness (QED) is 0.282. The molecule has 0 N–H and O–H groups in total. The van der Waals surface area contributed by atoms with Gasteiger partial charge in [-0.25, -0.2) is 0 Å². The molecule has 30 heavy (non-hydrogen) atoms. The molecule has 5 rings (SSSR count). The molecule has 0 saturated heterocycles. The van der Waals surface area contributed by atoms with E-state index < -0.39 is 0 Å². The monoisotopic (exact) mass is 418 g/mol. The maximum absolute atomic E-state index is 9.53. The van der Waals surface area contributed by atoms with E-state index in [1.165, 1.54) is 22.3 Å². The fraction of sp³-hybridized carbons (Fsp3) is 0. The van der Waals surface area contributed by atoms with Crippen molar-refractivity contribution in [2.24, 2.45) is 0 Å². The van der Waals surface area contributed by atoms with Gasteiger partial charge in [-0.05, 0) is 80.6 Å². The molecule has 0 atom stereocenters. The molecule has 0 radical (unpaired) electrons. The second kappa shape index (κ2) is 7.61. The summed E-state index contributed by atoms with van der Waals surface area (Å²) in [5.41, 5.74) is 8.21. The van der Waals surface area contributed by atoms with Crippen molar-refractivity contribution < 1.29 is 0 Å². The summed E-state index contributed by atoms with van der Waals surface area (Å²) in [6, 6.07) is 25.1. The standard InChI is InChI=1S/C26H14N2S2/c27-15-19(25-3-1-9-29-25)11-17-5-7-21-22-8-6-18(14-24(22)23(21)13-17)12-20(16-28)26-4-2-10-30-26/h1-14H. The lowest BCUT2D eigenvalue weighted by molar-refractivity contribution is 1.49. The van der Waals surface area contributed by atoms with Crippen molar-refractivity contribution in [3.8, 4) is 34.4 Å². The number of hydrogen-bond acceptors (Lipinski definition) is 4. The van der Waals surface area contributed by atoms with Gasteiger partial charge in [0.05, 0.1) is 11.1 Å². The Labute approximate surface area is 182 Å². The molecule has 0 fully saturated rings. The molecule has 0 aliphatic heterocycles. The molecule has 0 unspecified atom stereocenters. The van der Waals surface area contributed by atoms with Crippen LogP contribution in [0.25, 0.3) is 45.6 Å². The molecule has 140 valence electrons. The molecule has 2 nitrogen and oxygen atoms in total. The molecular formula is C26H14N2S2. The zero-order valence-corrected chi connectivity index (χ0v) is 17.4. The Morgan fingerprint density at radius 2 is 1.10 bits per heavy atom. The average Bonchev–Trinajstić information content (AvgIpc) is 3.49. The van der Waals surface area contributed by atoms with Crippen LogP contribution >= 0.6 is 22.7 Å². The average molecular weight is 419 g/mol. The third-order valence-corrected chi connectivity index (χ3v) is 6.91. The summed E-state index contributed by atoms with van der Waals surface area (Å²) in [5.74, 6) is 0. The van der Waals surface area contributed by atoms with Gasteiger partial charge < -0.3 is 0 Å². The van der Waals surface area contributed by atoms with Crippen LogP contribution in [0, 0.1) is 22.7 Å². The second-order valence-corrected chi connectivity index (χ2v) is 8.80. The maximum atomic E-state index is 9.53. The molecule has 4 heteroatoms. The molecule has 0 bridgehead atoms. The molecular weight excluding hydrogens is 404 g/mol. The lowest BCUT2D eigenvalue weighted by Crippen LogP contribution is -1.99. The molecule has 0 amide bonds. The fourth-order valence-corrected chi connectivity index (χ4v) is 5.05. The number of nitrogens with zero attached hydrogens (tertiary/aromatic N) is 2. The van der Waals surface area contributed by atoms with E-state index in [4.69, 9.17) is 0 Å². The normalized spacial score (nSPS) is 12.3. The number of hydrogen-bond donors (Lipinski definition) is 0. The van der Waals surface area contributed by atoms with Gasteiger partial charge >= 0.3 is 0 Å². The zero-order valence-electron chi connectivity index (χ0n) is 15.8. The first-order valence-corrected chi connectivity index (χ1v) is 11.1. The minimum Gasteiger partial charge on any atom is -0.192 e. The Balaban J connectivity index is 1.50. The van der Waals surface area contributed by atoms with E-state index in [1.54, 1.807) is 22.7 Å². The molecule has 2 aromatic carbocycles. The Kier molecular flexibility index (Phi) is 4.65. The number of allylic oxidation sites excluding steroid dienone is 2. The van der Waals surface area contributed by atoms with Crippen LogP contribution in [0.2, 0.25) is 0 Å². The van der Waals surface area contributed by atoms with Gasteiger partial charge in [0, 0.05) is 9.75 Å². The summed E-state index contributed by atoms with van der Waals surface area (Å²) in [7, 11) is 0. The van der Waals surface area contributed by atoms with Crippen LogP contribution in [0.15, 0.2) is 71.4 Å². The maximum Gasteiger partial charge on any atom is 0.101 e. The topological polar surface area (TPSA) is 47.6 Å². The molecule has 4 aromatic rings. The summed E-state index contributed by atoms with van der Waals surface area (Å²) in [5, 5.41) is 23.0. The first-order chi connectivity index (χ1) is 14.8. The van der Waals surface area contributed by atoms with Crippen molar-refractivity contribution in [1.29, 1.82) is 10.5 Å². The third kappa shape index (κ3) is 3.19. The largest absolute Gasteiger partial charge is 0.192 e. The number of benzene rings is 2. The van der Waals surface area contributed by atoms with Gasteiger partial charge in [0.25, 0.3) is 0 Å². The van der Waals surface area contributed by atoms with Crippen LogP contribution in [0.4, 0.5) is 0 Å². The van der Waals surface area contributed by atoms with Crippen molar-refractivity contribution in [2.45, 2.75) is 0 Å². The van der Waals surface area contributed by atoms with E-state index in [-0.39, 0.29) is 0 Å². The Morgan fingerprint density at radius 3 is 1.47 bits per heavy atom. The minimum atomic E-state index is 0.677. The number of rotatable bonds is 4. The van der Waals surface area contributed by atoms with Gasteiger partial charge in [0.1, 0.15) is 12.1 Å². The summed E-state index contributed by atoms with van der Waals surface area (Å²) in [6.07, 6.45) is 3.89. The SMILES string of the molecule is N#CC(=Cc1ccc2c(c1)-c1cc(C=C(C#N)c3cccs3)ccc1-2)c1cccs1. The first kappa shape index (κ1) is 18.3. The minimum absolute atomic E-state index is 0.677. The van der Waals surface area contributed by atoms with Gasteiger partial charge in [-0.3, -0.25) is 0 Å². The highest BCUT2D eigenvalue weighted by Crippen LogP contribution is 2.48. The highest BCUT2D eigenvalue weighted by Gasteiger charge is 2.22. The fourth-order valence-electron chi connectivity index (χ4n) is 3.67. The summed E-state index contributed by atoms with van der Waals surface area (Å²) >= 11 is 3.14. The first-order valence-electron chi connectivity index (χ1n) is 9.37. The van der Waals surface area contributed by atoms with Crippen LogP contribution < -0.4 is 0 Å². The summed E-state index contributed by atoms with van der Waals surface area (Å²) in [4.78, 5) is 1.95. The molecule has 1 aliphatic rings. The lowest BCUT2D eigenvalue weighted by Gasteiger charge is -2.25. The van der Waals surface area contributed by atoms with E-state index >= 15 is 0 Å². The van der Waals surface area contributed by atoms with E-state index in [1.807, 2.05) is 47.2 Å². The second-order valence-electron chi connectivity index (χ2n) is 6.90. The highest BCUT2D eigenvalue weighted by molar-refractivity contribution is 7.11. The molecule has 1 aliphatic carbocycles. The Morgan fingerprint density at radius 1 is 0.633 bits per heavy atom. The highest BCUT2D eigenvalue weighted by atomic mass is 32.1. The van der Waals surface area contributed by atoms with Crippen LogP contribution in [-0.4, -0.2) is 0 Å².